The second-order valence-corrected chi connectivity index (χ2v) is 5.39. The minimum absolute atomic E-state index is 0. The van der Waals surface area contributed by atoms with Crippen molar-refractivity contribution in [3.63, 3.8) is 0 Å². The first-order chi connectivity index (χ1) is 13.6. The lowest BCUT2D eigenvalue weighted by molar-refractivity contribution is 0.349. The van der Waals surface area contributed by atoms with Crippen LogP contribution in [0.4, 0.5) is 0 Å². The Morgan fingerprint density at radius 2 is 0.759 bits per heavy atom. The fourth-order valence-electron chi connectivity index (χ4n) is 2.50. The molecule has 0 heterocycles. The lowest BCUT2D eigenvalue weighted by Gasteiger charge is -2.11. The molecule has 0 radical (unpaired) electrons. The zero-order valence-corrected chi connectivity index (χ0v) is 17.3. The van der Waals surface area contributed by atoms with Gasteiger partial charge in [0.05, 0.1) is 55.1 Å². The molecule has 2 N–H and O–H groups in total. The summed E-state index contributed by atoms with van der Waals surface area (Å²) >= 11 is 0. The lowest BCUT2D eigenvalue weighted by Crippen LogP contribution is -1.97. The molecule has 158 valence electrons. The first-order valence-electron chi connectivity index (χ1n) is 8.28. The number of ether oxygens (including phenoxy) is 6. The zero-order chi connectivity index (χ0) is 20.5. The summed E-state index contributed by atoms with van der Waals surface area (Å²) in [4.78, 5) is 0. The third-order valence-corrected chi connectivity index (χ3v) is 3.93. The summed E-state index contributed by atoms with van der Waals surface area (Å²) in [5.74, 6) is 3.43. The van der Waals surface area contributed by atoms with Crippen LogP contribution in [0, 0.1) is 0 Å². The van der Waals surface area contributed by atoms with Gasteiger partial charge in [0.2, 0.25) is 0 Å². The summed E-state index contributed by atoms with van der Waals surface area (Å²) in [5.41, 5.74) is 1.38. The first-order valence-corrected chi connectivity index (χ1v) is 8.28. The van der Waals surface area contributed by atoms with Gasteiger partial charge >= 0.3 is 0 Å². The molecule has 0 fully saturated rings. The first kappa shape index (κ1) is 23.6. The highest BCUT2D eigenvalue weighted by Gasteiger charge is 2.11. The van der Waals surface area contributed by atoms with Crippen LogP contribution < -0.4 is 28.4 Å². The van der Waals surface area contributed by atoms with E-state index >= 15 is 0 Å². The van der Waals surface area contributed by atoms with Gasteiger partial charge in [-0.1, -0.05) is 0 Å². The highest BCUT2D eigenvalue weighted by molar-refractivity contribution is 5.88. The lowest BCUT2D eigenvalue weighted by atomic mass is 10.2. The van der Waals surface area contributed by atoms with Gasteiger partial charge in [0, 0.05) is 23.3 Å². The minimum atomic E-state index is 0. The summed E-state index contributed by atoms with van der Waals surface area (Å²) in [5, 5.41) is 8.18. The van der Waals surface area contributed by atoms with Crippen LogP contribution >= 0.6 is 0 Å². The summed E-state index contributed by atoms with van der Waals surface area (Å²) in [6, 6.07) is 6.96. The smallest absolute Gasteiger partial charge is 0.164 e. The third-order valence-electron chi connectivity index (χ3n) is 3.93. The molecule has 9 nitrogen and oxygen atoms in total. The van der Waals surface area contributed by atoms with Crippen molar-refractivity contribution in [3.05, 3.63) is 35.4 Å². The van der Waals surface area contributed by atoms with Crippen LogP contribution in [-0.2, 0) is 0 Å². The van der Waals surface area contributed by atoms with Crippen LogP contribution in [0.5, 0.6) is 34.5 Å². The van der Waals surface area contributed by atoms with Crippen LogP contribution in [0.15, 0.2) is 34.5 Å². The van der Waals surface area contributed by atoms with E-state index in [-0.39, 0.29) is 5.48 Å². The molecule has 29 heavy (non-hydrogen) atoms. The number of rotatable bonds is 9. The number of hydrogen-bond acceptors (Lipinski definition) is 8. The van der Waals surface area contributed by atoms with Crippen LogP contribution in [0.1, 0.15) is 11.1 Å². The van der Waals surface area contributed by atoms with Crippen LogP contribution in [0.25, 0.3) is 0 Å². The monoisotopic (exact) mass is 406 g/mol. The summed E-state index contributed by atoms with van der Waals surface area (Å²) < 4.78 is 31.9. The maximum absolute atomic E-state index is 5.37. The van der Waals surface area contributed by atoms with E-state index in [4.69, 9.17) is 28.4 Å². The van der Waals surface area contributed by atoms with Gasteiger partial charge in [0.1, 0.15) is 11.5 Å². The van der Waals surface area contributed by atoms with E-state index in [9.17, 15) is 0 Å². The van der Waals surface area contributed by atoms with Gasteiger partial charge in [-0.3, -0.25) is 0 Å². The largest absolute Gasteiger partial charge is 0.496 e. The van der Waals surface area contributed by atoms with Crippen molar-refractivity contribution in [1.29, 1.82) is 0 Å². The van der Waals surface area contributed by atoms with E-state index in [2.05, 4.69) is 10.2 Å². The van der Waals surface area contributed by atoms with E-state index in [0.29, 0.717) is 45.6 Å². The quantitative estimate of drug-likeness (QED) is 0.467. The second-order valence-electron chi connectivity index (χ2n) is 5.39. The molecule has 0 aliphatic rings. The van der Waals surface area contributed by atoms with Crippen molar-refractivity contribution in [1.82, 2.24) is 0 Å². The van der Waals surface area contributed by atoms with E-state index < -0.39 is 0 Å². The van der Waals surface area contributed by atoms with Gasteiger partial charge in [-0.15, -0.1) is 0 Å². The van der Waals surface area contributed by atoms with Gasteiger partial charge in [-0.05, 0) is 12.1 Å². The van der Waals surface area contributed by atoms with E-state index in [0.717, 1.165) is 0 Å². The Kier molecular flexibility index (Phi) is 9.27. The Labute approximate surface area is 169 Å². The molecule has 0 saturated heterocycles. The van der Waals surface area contributed by atoms with Gasteiger partial charge < -0.3 is 33.9 Å². The molecule has 0 unspecified atom stereocenters. The standard InChI is InChI=1S/C20H24N2O6.H2O/c1-23-15-9-19(27-5)17(25-3)7-13(15)11-21-22-12-14-8-18(26-4)20(28-6)10-16(14)24-2;/h7-12H,1-6H3;1H2/b21-11+,22-12+;. The number of hydrogen-bond donors (Lipinski definition) is 0. The van der Waals surface area contributed by atoms with Crippen molar-refractivity contribution >= 4 is 12.4 Å². The highest BCUT2D eigenvalue weighted by Crippen LogP contribution is 2.34. The van der Waals surface area contributed by atoms with Crippen molar-refractivity contribution in [3.8, 4) is 34.5 Å². The SMILES string of the molecule is COc1cc(OC)c(OC)cc1/C=N/N=C/c1cc(OC)c(OC)cc1OC.O. The van der Waals surface area contributed by atoms with Crippen molar-refractivity contribution in [2.24, 2.45) is 10.2 Å². The van der Waals surface area contributed by atoms with Crippen molar-refractivity contribution in [2.75, 3.05) is 42.7 Å². The molecule has 0 bridgehead atoms. The Morgan fingerprint density at radius 1 is 0.483 bits per heavy atom. The second kappa shape index (κ2) is 11.4. The molecule has 0 aliphatic heterocycles. The normalized spacial score (nSPS) is 10.6. The molecule has 0 aromatic heterocycles. The van der Waals surface area contributed by atoms with Crippen molar-refractivity contribution < 1.29 is 33.9 Å². The maximum Gasteiger partial charge on any atom is 0.164 e. The van der Waals surface area contributed by atoms with Gasteiger partial charge in [0.25, 0.3) is 0 Å². The average Bonchev–Trinajstić information content (AvgIpc) is 2.75. The fourth-order valence-corrected chi connectivity index (χ4v) is 2.50. The molecule has 0 amide bonds. The Morgan fingerprint density at radius 3 is 1.03 bits per heavy atom. The van der Waals surface area contributed by atoms with E-state index in [1.54, 1.807) is 79.4 Å². The summed E-state index contributed by atoms with van der Waals surface area (Å²) in [7, 11) is 9.38. The number of benzene rings is 2. The molecular formula is C20H26N2O7. The average molecular weight is 406 g/mol. The predicted molar refractivity (Wildman–Crippen MR) is 111 cm³/mol. The Balaban J connectivity index is 0.00000420. The van der Waals surface area contributed by atoms with Gasteiger partial charge in [-0.2, -0.15) is 10.2 Å². The Bertz CT molecular complexity index is 795. The molecule has 0 saturated carbocycles. The number of nitrogens with zero attached hydrogens (tertiary/aromatic N) is 2. The molecular weight excluding hydrogens is 380 g/mol. The zero-order valence-electron chi connectivity index (χ0n) is 17.3. The molecule has 0 atom stereocenters. The van der Waals surface area contributed by atoms with Crippen LogP contribution in [0.2, 0.25) is 0 Å². The van der Waals surface area contributed by atoms with Gasteiger partial charge in [0.15, 0.2) is 23.0 Å². The topological polar surface area (TPSA) is 112 Å². The molecule has 0 spiro atoms. The summed E-state index contributed by atoms with van der Waals surface area (Å²) in [6.45, 7) is 0. The summed E-state index contributed by atoms with van der Waals surface area (Å²) in [6.07, 6.45) is 3.12. The fraction of sp³-hybridized carbons (Fsp3) is 0.300. The molecule has 9 heteroatoms. The van der Waals surface area contributed by atoms with Crippen molar-refractivity contribution in [2.45, 2.75) is 0 Å². The third kappa shape index (κ3) is 5.52. The Hall–Kier alpha value is -3.46. The maximum atomic E-state index is 5.37. The van der Waals surface area contributed by atoms with Crippen LogP contribution in [-0.4, -0.2) is 60.6 Å². The van der Waals surface area contributed by atoms with Gasteiger partial charge in [-0.25, -0.2) is 0 Å². The molecule has 0 aliphatic carbocycles. The van der Waals surface area contributed by atoms with E-state index in [1.807, 2.05) is 0 Å². The molecule has 2 rings (SSSR count). The predicted octanol–water partition coefficient (Wildman–Crippen LogP) is 2.37. The minimum Gasteiger partial charge on any atom is -0.496 e. The number of methoxy groups -OCH3 is 6. The molecule has 2 aromatic carbocycles. The molecule has 2 aromatic rings. The van der Waals surface area contributed by atoms with Crippen LogP contribution in [0.3, 0.4) is 0 Å². The highest BCUT2D eigenvalue weighted by atomic mass is 16.5. The van der Waals surface area contributed by atoms with E-state index in [1.165, 1.54) is 0 Å².